The Labute approximate surface area is 109 Å². The third-order valence-electron chi connectivity index (χ3n) is 2.70. The Balaban J connectivity index is 2.01. The summed E-state index contributed by atoms with van der Waals surface area (Å²) in [5, 5.41) is 0.858. The highest BCUT2D eigenvalue weighted by Crippen LogP contribution is 2.09. The fraction of sp³-hybridized carbons (Fsp3) is 0.429. The van der Waals surface area contributed by atoms with Crippen LogP contribution in [0.4, 0.5) is 0 Å². The molecule has 0 saturated carbocycles. The van der Waals surface area contributed by atoms with E-state index < -0.39 is 10.1 Å². The van der Waals surface area contributed by atoms with E-state index >= 15 is 0 Å². The topological polar surface area (TPSA) is 54.4 Å². The Kier molecular flexibility index (Phi) is 6.68. The minimum absolute atomic E-state index is 0.700. The number of hydrogen-bond acceptors (Lipinski definition) is 2. The maximum atomic E-state index is 10.4. The summed E-state index contributed by atoms with van der Waals surface area (Å²) in [6.07, 6.45) is 7.66. The first-order chi connectivity index (χ1) is 8.58. The molecule has 18 heavy (non-hydrogen) atoms. The van der Waals surface area contributed by atoms with Crippen LogP contribution in [0.25, 0.3) is 0 Å². The molecule has 1 N–H and O–H groups in total. The molecule has 100 valence electrons. The van der Waals surface area contributed by atoms with E-state index in [0.717, 1.165) is 37.5 Å². The van der Waals surface area contributed by atoms with Gasteiger partial charge in [-0.25, -0.2) is 0 Å². The predicted molar refractivity (Wildman–Crippen MR) is 73.9 cm³/mol. The van der Waals surface area contributed by atoms with Crippen LogP contribution in [-0.4, -0.2) is 13.0 Å². The van der Waals surface area contributed by atoms with E-state index in [2.05, 4.69) is 24.3 Å². The lowest BCUT2D eigenvalue weighted by atomic mass is 10.1. The van der Waals surface area contributed by atoms with Gasteiger partial charge in [0.25, 0.3) is 10.1 Å². The maximum Gasteiger partial charge on any atom is 0.287 e. The van der Waals surface area contributed by atoms with Crippen LogP contribution in [0.5, 0.6) is 0 Å². The summed E-state index contributed by atoms with van der Waals surface area (Å²) in [5.41, 5.74) is 1.36. The Morgan fingerprint density at radius 1 is 1.00 bits per heavy atom. The summed E-state index contributed by atoms with van der Waals surface area (Å²) in [7, 11) is -3.94. The van der Waals surface area contributed by atoms with Crippen LogP contribution in [0.15, 0.2) is 41.8 Å². The van der Waals surface area contributed by atoms with Crippen LogP contribution in [-0.2, 0) is 16.5 Å². The first-order valence-electron chi connectivity index (χ1n) is 6.26. The quantitative estimate of drug-likeness (QED) is 0.579. The van der Waals surface area contributed by atoms with Crippen LogP contribution in [0.3, 0.4) is 0 Å². The van der Waals surface area contributed by atoms with Gasteiger partial charge in [0.05, 0.1) is 5.41 Å². The molecule has 1 aromatic rings. The number of aryl methyl sites for hydroxylation is 1. The summed E-state index contributed by atoms with van der Waals surface area (Å²) < 4.78 is 29.3. The van der Waals surface area contributed by atoms with Crippen LogP contribution in [0, 0.1) is 0 Å². The summed E-state index contributed by atoms with van der Waals surface area (Å²) in [4.78, 5) is 0. The Hall–Kier alpha value is -1.13. The molecule has 0 aromatic heterocycles. The van der Waals surface area contributed by atoms with Gasteiger partial charge in [0, 0.05) is 0 Å². The van der Waals surface area contributed by atoms with Gasteiger partial charge in [0.2, 0.25) is 0 Å². The predicted octanol–water partition coefficient (Wildman–Crippen LogP) is 3.58. The van der Waals surface area contributed by atoms with Gasteiger partial charge < -0.3 is 0 Å². The molecule has 0 aliphatic rings. The van der Waals surface area contributed by atoms with Crippen molar-refractivity contribution in [2.45, 2.75) is 38.5 Å². The molecule has 0 amide bonds. The van der Waals surface area contributed by atoms with Crippen molar-refractivity contribution in [2.75, 3.05) is 0 Å². The van der Waals surface area contributed by atoms with Crippen LogP contribution in [0.1, 0.15) is 37.7 Å². The number of rotatable bonds is 8. The Morgan fingerprint density at radius 3 is 2.33 bits per heavy atom. The fourth-order valence-electron chi connectivity index (χ4n) is 1.78. The molecule has 1 rings (SSSR count). The van der Waals surface area contributed by atoms with E-state index in [0.29, 0.717) is 6.42 Å². The second-order valence-corrected chi connectivity index (χ2v) is 5.63. The number of unbranched alkanes of at least 4 members (excludes halogenated alkanes) is 4. The van der Waals surface area contributed by atoms with Crippen molar-refractivity contribution < 1.29 is 13.0 Å². The molecule has 0 aliphatic carbocycles. The maximum absolute atomic E-state index is 10.4. The van der Waals surface area contributed by atoms with Gasteiger partial charge in [-0.15, -0.1) is 0 Å². The van der Waals surface area contributed by atoms with Crippen molar-refractivity contribution in [3.63, 3.8) is 0 Å². The second kappa shape index (κ2) is 8.06. The van der Waals surface area contributed by atoms with E-state index in [1.807, 2.05) is 6.07 Å². The van der Waals surface area contributed by atoms with Crippen LogP contribution < -0.4 is 0 Å². The molecule has 0 aliphatic heterocycles. The van der Waals surface area contributed by atoms with E-state index in [-0.39, 0.29) is 0 Å². The normalized spacial score (nSPS) is 12.1. The molecular formula is C14H20O3S. The highest BCUT2D eigenvalue weighted by molar-refractivity contribution is 7.88. The third kappa shape index (κ3) is 8.03. The van der Waals surface area contributed by atoms with Crippen molar-refractivity contribution in [2.24, 2.45) is 0 Å². The van der Waals surface area contributed by atoms with E-state index in [9.17, 15) is 8.42 Å². The second-order valence-electron chi connectivity index (χ2n) is 4.33. The zero-order valence-corrected chi connectivity index (χ0v) is 11.3. The van der Waals surface area contributed by atoms with Gasteiger partial charge >= 0.3 is 0 Å². The molecule has 3 nitrogen and oxygen atoms in total. The van der Waals surface area contributed by atoms with Crippen LogP contribution >= 0.6 is 0 Å². The first-order valence-corrected chi connectivity index (χ1v) is 7.76. The van der Waals surface area contributed by atoms with Crippen molar-refractivity contribution >= 4 is 10.1 Å². The molecule has 0 heterocycles. The zero-order valence-electron chi connectivity index (χ0n) is 10.5. The highest BCUT2D eigenvalue weighted by atomic mass is 32.2. The van der Waals surface area contributed by atoms with E-state index in [4.69, 9.17) is 4.55 Å². The van der Waals surface area contributed by atoms with Gasteiger partial charge in [0.15, 0.2) is 0 Å². The zero-order chi connectivity index (χ0) is 13.3. The van der Waals surface area contributed by atoms with Crippen LogP contribution in [0.2, 0.25) is 0 Å². The standard InChI is InChI=1S/C14H20O3S/c15-18(16,17)13-9-4-2-1-3-6-10-14-11-7-5-8-12-14/h5,7-9,11-13H,1-4,6,10H2,(H,15,16,17). The monoisotopic (exact) mass is 268 g/mol. The molecule has 0 atom stereocenters. The van der Waals surface area contributed by atoms with Gasteiger partial charge in [-0.3, -0.25) is 4.55 Å². The lowest BCUT2D eigenvalue weighted by Gasteiger charge is -2.00. The lowest BCUT2D eigenvalue weighted by Crippen LogP contribution is -1.89. The largest absolute Gasteiger partial charge is 0.287 e. The number of hydrogen-bond donors (Lipinski definition) is 1. The number of benzene rings is 1. The summed E-state index contributed by atoms with van der Waals surface area (Å²) >= 11 is 0. The third-order valence-corrected chi connectivity index (χ3v) is 3.23. The molecule has 0 spiro atoms. The molecule has 4 heteroatoms. The van der Waals surface area contributed by atoms with E-state index in [1.54, 1.807) is 0 Å². The average Bonchev–Trinajstić information content (AvgIpc) is 2.32. The molecular weight excluding hydrogens is 248 g/mol. The van der Waals surface area contributed by atoms with E-state index in [1.165, 1.54) is 11.6 Å². The molecule has 1 aromatic carbocycles. The SMILES string of the molecule is O=S(=O)(O)C=CCCCCCCc1ccccc1. The Morgan fingerprint density at radius 2 is 1.67 bits per heavy atom. The molecule has 0 fully saturated rings. The minimum atomic E-state index is -3.94. The fourth-order valence-corrected chi connectivity index (χ4v) is 2.16. The van der Waals surface area contributed by atoms with Crippen molar-refractivity contribution in [1.82, 2.24) is 0 Å². The molecule has 0 radical (unpaired) electrons. The molecule has 0 unspecified atom stereocenters. The smallest absolute Gasteiger partial charge is 0.282 e. The molecule has 0 saturated heterocycles. The first kappa shape index (κ1) is 14.9. The van der Waals surface area contributed by atoms with Crippen molar-refractivity contribution in [3.8, 4) is 0 Å². The summed E-state index contributed by atoms with van der Waals surface area (Å²) in [5.74, 6) is 0. The minimum Gasteiger partial charge on any atom is -0.282 e. The molecule has 0 bridgehead atoms. The van der Waals surface area contributed by atoms with Gasteiger partial charge in [-0.1, -0.05) is 49.2 Å². The van der Waals surface area contributed by atoms with Gasteiger partial charge in [0.1, 0.15) is 0 Å². The average molecular weight is 268 g/mol. The van der Waals surface area contributed by atoms with Gasteiger partial charge in [-0.2, -0.15) is 8.42 Å². The highest BCUT2D eigenvalue weighted by Gasteiger charge is 1.95. The van der Waals surface area contributed by atoms with Crippen molar-refractivity contribution in [3.05, 3.63) is 47.4 Å². The van der Waals surface area contributed by atoms with Gasteiger partial charge in [-0.05, 0) is 31.2 Å². The lowest BCUT2D eigenvalue weighted by molar-refractivity contribution is 0.494. The van der Waals surface area contributed by atoms with Crippen molar-refractivity contribution in [1.29, 1.82) is 0 Å². The Bertz CT molecular complexity index is 449. The summed E-state index contributed by atoms with van der Waals surface area (Å²) in [6, 6.07) is 10.4. The summed E-state index contributed by atoms with van der Waals surface area (Å²) in [6.45, 7) is 0. The number of allylic oxidation sites excluding steroid dienone is 1.